The van der Waals surface area contributed by atoms with Gasteiger partial charge in [0.25, 0.3) is 0 Å². The highest BCUT2D eigenvalue weighted by atomic mass is 15.6. The van der Waals surface area contributed by atoms with Crippen LogP contribution >= 0.6 is 0 Å². The van der Waals surface area contributed by atoms with Crippen molar-refractivity contribution in [2.24, 2.45) is 0 Å². The third-order valence-electron chi connectivity index (χ3n) is 5.51. The lowest BCUT2D eigenvalue weighted by molar-refractivity contribution is 0.287. The van der Waals surface area contributed by atoms with Gasteiger partial charge in [-0.2, -0.15) is 0 Å². The predicted octanol–water partition coefficient (Wildman–Crippen LogP) is 4.10. The van der Waals surface area contributed by atoms with E-state index in [1.165, 1.54) is 32.1 Å². The zero-order valence-electron chi connectivity index (χ0n) is 15.4. The zero-order chi connectivity index (χ0) is 17.5. The average molecular weight is 340 g/mol. The van der Waals surface area contributed by atoms with Crippen molar-refractivity contribution in [3.8, 4) is 0 Å². The highest BCUT2D eigenvalue weighted by Crippen LogP contribution is 2.41. The van der Waals surface area contributed by atoms with E-state index in [0.717, 1.165) is 23.6 Å². The molecule has 0 saturated heterocycles. The molecule has 134 valence electrons. The van der Waals surface area contributed by atoms with Crippen LogP contribution in [0.2, 0.25) is 0 Å². The fourth-order valence-electron chi connectivity index (χ4n) is 4.60. The molecule has 1 atom stereocenters. The number of nitrogens with zero attached hydrogens (tertiary/aromatic N) is 4. The molecule has 0 spiro atoms. The molecular formula is C19H28N6. The maximum atomic E-state index is 4.48. The van der Waals surface area contributed by atoms with Crippen LogP contribution in [0.25, 0.3) is 0 Å². The Labute approximate surface area is 149 Å². The number of rotatable bonds is 2. The molecule has 6 nitrogen and oxygen atoms in total. The molecule has 2 heterocycles. The minimum Gasteiger partial charge on any atom is -0.378 e. The van der Waals surface area contributed by atoms with Crippen molar-refractivity contribution >= 4 is 11.4 Å². The van der Waals surface area contributed by atoms with Gasteiger partial charge in [-0.05, 0) is 62.6 Å². The van der Waals surface area contributed by atoms with Gasteiger partial charge in [0.1, 0.15) is 0 Å². The largest absolute Gasteiger partial charge is 0.378 e. The minimum absolute atomic E-state index is 0.0717. The van der Waals surface area contributed by atoms with Crippen molar-refractivity contribution in [3.05, 3.63) is 30.1 Å². The summed E-state index contributed by atoms with van der Waals surface area (Å²) < 4.78 is 2.09. The summed E-state index contributed by atoms with van der Waals surface area (Å²) in [7, 11) is 0. The van der Waals surface area contributed by atoms with E-state index in [9.17, 15) is 0 Å². The van der Waals surface area contributed by atoms with E-state index in [1.807, 2.05) is 0 Å². The summed E-state index contributed by atoms with van der Waals surface area (Å²) >= 11 is 0. The van der Waals surface area contributed by atoms with Gasteiger partial charge in [-0.25, -0.2) is 4.68 Å². The molecule has 0 radical (unpaired) electrons. The summed E-state index contributed by atoms with van der Waals surface area (Å²) in [6.07, 6.45) is 7.10. The van der Waals surface area contributed by atoms with Gasteiger partial charge in [0.2, 0.25) is 0 Å². The number of nitrogens with one attached hydrogen (secondary N) is 2. The van der Waals surface area contributed by atoms with Crippen molar-refractivity contribution in [1.82, 2.24) is 20.2 Å². The Bertz CT molecular complexity index is 746. The Balaban J connectivity index is 1.75. The zero-order valence-corrected chi connectivity index (χ0v) is 15.4. The topological polar surface area (TPSA) is 67.7 Å². The molecule has 1 aliphatic heterocycles. The molecule has 1 aromatic carbocycles. The van der Waals surface area contributed by atoms with Crippen LogP contribution in [0.3, 0.4) is 0 Å². The SMILES string of the molecule is CC1(C)CC(C)(c2nnnn2C2CCCCC2)Nc2ccccc2N1. The predicted molar refractivity (Wildman–Crippen MR) is 99.7 cm³/mol. The Morgan fingerprint density at radius 3 is 2.40 bits per heavy atom. The quantitative estimate of drug-likeness (QED) is 0.861. The standard InChI is InChI=1S/C19H28N6/c1-18(2)13-19(3,21-16-12-8-7-11-15(16)20-18)17-22-23-24-25(17)14-9-5-4-6-10-14/h7-8,11-12,14,20-21H,4-6,9-10,13H2,1-3H3. The molecule has 25 heavy (non-hydrogen) atoms. The van der Waals surface area contributed by atoms with Gasteiger partial charge in [-0.3, -0.25) is 0 Å². The third-order valence-corrected chi connectivity index (χ3v) is 5.51. The normalized spacial score (nSPS) is 26.2. The maximum absolute atomic E-state index is 4.48. The van der Waals surface area contributed by atoms with Crippen LogP contribution in [-0.2, 0) is 5.54 Å². The van der Waals surface area contributed by atoms with Crippen molar-refractivity contribution in [2.75, 3.05) is 10.6 Å². The number of anilines is 2. The molecule has 0 amide bonds. The molecule has 1 fully saturated rings. The van der Waals surface area contributed by atoms with Gasteiger partial charge in [0, 0.05) is 5.54 Å². The first-order valence-electron chi connectivity index (χ1n) is 9.41. The smallest absolute Gasteiger partial charge is 0.176 e. The molecule has 4 rings (SSSR count). The fraction of sp³-hybridized carbons (Fsp3) is 0.632. The fourth-order valence-corrected chi connectivity index (χ4v) is 4.60. The van der Waals surface area contributed by atoms with Gasteiger partial charge in [0.15, 0.2) is 5.82 Å². The minimum atomic E-state index is -0.329. The van der Waals surface area contributed by atoms with Crippen LogP contribution < -0.4 is 10.6 Å². The molecule has 2 aliphatic rings. The number of fused-ring (bicyclic) bond motifs is 1. The Morgan fingerprint density at radius 1 is 1.00 bits per heavy atom. The maximum Gasteiger partial charge on any atom is 0.176 e. The second-order valence-corrected chi connectivity index (χ2v) is 8.43. The van der Waals surface area contributed by atoms with E-state index in [2.05, 4.69) is 75.9 Å². The summed E-state index contributed by atoms with van der Waals surface area (Å²) in [6.45, 7) is 6.71. The van der Waals surface area contributed by atoms with Crippen molar-refractivity contribution in [2.45, 2.75) is 76.4 Å². The molecule has 0 bridgehead atoms. The van der Waals surface area contributed by atoms with Crippen molar-refractivity contribution in [1.29, 1.82) is 0 Å². The molecule has 1 saturated carbocycles. The van der Waals surface area contributed by atoms with Crippen LogP contribution in [0.4, 0.5) is 11.4 Å². The number of tetrazole rings is 1. The molecule has 1 aliphatic carbocycles. The first-order valence-corrected chi connectivity index (χ1v) is 9.41. The molecule has 6 heteroatoms. The summed E-state index contributed by atoms with van der Waals surface area (Å²) in [5, 5.41) is 20.3. The number of para-hydroxylation sites is 2. The average Bonchev–Trinajstić information content (AvgIpc) is 3.03. The van der Waals surface area contributed by atoms with Gasteiger partial charge in [-0.15, -0.1) is 5.10 Å². The lowest BCUT2D eigenvalue weighted by atomic mass is 9.84. The molecule has 1 unspecified atom stereocenters. The van der Waals surface area contributed by atoms with Gasteiger partial charge in [0.05, 0.1) is 23.0 Å². The number of hydrogen-bond acceptors (Lipinski definition) is 5. The van der Waals surface area contributed by atoms with Crippen LogP contribution in [0, 0.1) is 0 Å². The van der Waals surface area contributed by atoms with Crippen molar-refractivity contribution in [3.63, 3.8) is 0 Å². The van der Waals surface area contributed by atoms with E-state index in [4.69, 9.17) is 0 Å². The van der Waals surface area contributed by atoms with Crippen LogP contribution in [-0.4, -0.2) is 25.7 Å². The highest BCUT2D eigenvalue weighted by Gasteiger charge is 2.42. The lowest BCUT2D eigenvalue weighted by Gasteiger charge is -2.36. The van der Waals surface area contributed by atoms with E-state index in [-0.39, 0.29) is 11.1 Å². The van der Waals surface area contributed by atoms with Gasteiger partial charge in [-0.1, -0.05) is 31.4 Å². The summed E-state index contributed by atoms with van der Waals surface area (Å²) in [5.74, 6) is 0.950. The Kier molecular flexibility index (Phi) is 3.93. The van der Waals surface area contributed by atoms with Gasteiger partial charge < -0.3 is 10.6 Å². The van der Waals surface area contributed by atoms with E-state index < -0.39 is 0 Å². The summed E-state index contributed by atoms with van der Waals surface area (Å²) in [4.78, 5) is 0. The third kappa shape index (κ3) is 3.10. The second kappa shape index (κ2) is 6.00. The molecule has 2 N–H and O–H groups in total. The highest BCUT2D eigenvalue weighted by molar-refractivity contribution is 5.71. The van der Waals surface area contributed by atoms with Gasteiger partial charge >= 0.3 is 0 Å². The second-order valence-electron chi connectivity index (χ2n) is 8.43. The monoisotopic (exact) mass is 340 g/mol. The molecular weight excluding hydrogens is 312 g/mol. The Morgan fingerprint density at radius 2 is 1.68 bits per heavy atom. The molecule has 1 aromatic heterocycles. The summed E-state index contributed by atoms with van der Waals surface area (Å²) in [5.41, 5.74) is 1.84. The van der Waals surface area contributed by atoms with E-state index in [1.54, 1.807) is 0 Å². The van der Waals surface area contributed by atoms with Crippen LogP contribution in [0.5, 0.6) is 0 Å². The van der Waals surface area contributed by atoms with E-state index >= 15 is 0 Å². The Hall–Kier alpha value is -2.11. The van der Waals surface area contributed by atoms with Crippen LogP contribution in [0.15, 0.2) is 24.3 Å². The van der Waals surface area contributed by atoms with E-state index in [0.29, 0.717) is 6.04 Å². The lowest BCUT2D eigenvalue weighted by Crippen LogP contribution is -2.43. The number of aromatic nitrogens is 4. The summed E-state index contributed by atoms with van der Waals surface area (Å²) in [6, 6.07) is 8.80. The number of benzene rings is 1. The van der Waals surface area contributed by atoms with Crippen LogP contribution in [0.1, 0.15) is 71.2 Å². The van der Waals surface area contributed by atoms with Crippen molar-refractivity contribution < 1.29 is 0 Å². The first-order chi connectivity index (χ1) is 12.0. The number of hydrogen-bond donors (Lipinski definition) is 2. The molecule has 2 aromatic rings. The first kappa shape index (κ1) is 16.4.